The van der Waals surface area contributed by atoms with Gasteiger partial charge in [-0.1, -0.05) is 0 Å². The summed E-state index contributed by atoms with van der Waals surface area (Å²) in [6, 6.07) is 0. The number of rotatable bonds is 4. The monoisotopic (exact) mass is 198 g/mol. The van der Waals surface area contributed by atoms with E-state index in [-0.39, 0.29) is 17.9 Å². The van der Waals surface area contributed by atoms with Crippen molar-refractivity contribution < 1.29 is 9.90 Å². The molecule has 4 N–H and O–H groups in total. The second-order valence-electron chi connectivity index (χ2n) is 4.85. The van der Waals surface area contributed by atoms with E-state index in [4.69, 9.17) is 10.8 Å². The van der Waals surface area contributed by atoms with E-state index in [1.54, 1.807) is 0 Å². The molecule has 2 rings (SSSR count). The highest BCUT2D eigenvalue weighted by molar-refractivity contribution is 5.87. The van der Waals surface area contributed by atoms with Crippen LogP contribution < -0.4 is 11.1 Å². The fourth-order valence-corrected chi connectivity index (χ4v) is 1.80. The Labute approximate surface area is 83.9 Å². The molecule has 0 heterocycles. The summed E-state index contributed by atoms with van der Waals surface area (Å²) in [5.74, 6) is -0.0384. The van der Waals surface area contributed by atoms with E-state index in [2.05, 4.69) is 5.32 Å². The maximum Gasteiger partial charge on any atom is 0.240 e. The second-order valence-corrected chi connectivity index (χ2v) is 4.85. The highest BCUT2D eigenvalue weighted by Crippen LogP contribution is 2.44. The Balaban J connectivity index is 1.78. The predicted octanol–water partition coefficient (Wildman–Crippen LogP) is -0.244. The summed E-state index contributed by atoms with van der Waals surface area (Å²) in [4.78, 5) is 11.6. The number of carbonyl (C=O) groups is 1. The van der Waals surface area contributed by atoms with Gasteiger partial charge >= 0.3 is 0 Å². The average molecular weight is 198 g/mol. The molecular formula is C10H18N2O2. The van der Waals surface area contributed by atoms with Gasteiger partial charge in [-0.2, -0.15) is 0 Å². The highest BCUT2D eigenvalue weighted by atomic mass is 16.3. The number of carbonyl (C=O) groups excluding carboxylic acids is 1. The maximum absolute atomic E-state index is 11.6. The molecule has 0 radical (unpaired) electrons. The highest BCUT2D eigenvalue weighted by Gasteiger charge is 2.45. The van der Waals surface area contributed by atoms with Gasteiger partial charge in [-0.25, -0.2) is 0 Å². The molecule has 0 unspecified atom stereocenters. The summed E-state index contributed by atoms with van der Waals surface area (Å²) in [6.45, 7) is 0.756. The van der Waals surface area contributed by atoms with Gasteiger partial charge in [0, 0.05) is 12.0 Å². The van der Waals surface area contributed by atoms with Gasteiger partial charge in [0.1, 0.15) is 0 Å². The topological polar surface area (TPSA) is 75.4 Å². The van der Waals surface area contributed by atoms with Crippen molar-refractivity contribution in [1.82, 2.24) is 5.32 Å². The quantitative estimate of drug-likeness (QED) is 0.583. The molecule has 0 atom stereocenters. The van der Waals surface area contributed by atoms with Crippen molar-refractivity contribution in [2.75, 3.05) is 13.2 Å². The Morgan fingerprint density at radius 3 is 2.36 bits per heavy atom. The predicted molar refractivity (Wildman–Crippen MR) is 52.5 cm³/mol. The SMILES string of the molecule is NC1(C(=O)NCC2(CO)CC2)CCC1. The Bertz CT molecular complexity index is 245. The summed E-state index contributed by atoms with van der Waals surface area (Å²) < 4.78 is 0. The largest absolute Gasteiger partial charge is 0.396 e. The number of hydrogen-bond acceptors (Lipinski definition) is 3. The zero-order valence-electron chi connectivity index (χ0n) is 8.38. The fourth-order valence-electron chi connectivity index (χ4n) is 1.80. The molecular weight excluding hydrogens is 180 g/mol. The van der Waals surface area contributed by atoms with Crippen molar-refractivity contribution in [1.29, 1.82) is 0 Å². The minimum Gasteiger partial charge on any atom is -0.396 e. The summed E-state index contributed by atoms with van der Waals surface area (Å²) >= 11 is 0. The lowest BCUT2D eigenvalue weighted by atomic mass is 9.77. The second kappa shape index (κ2) is 3.21. The lowest BCUT2D eigenvalue weighted by molar-refractivity contribution is -0.129. The zero-order chi connectivity index (χ0) is 10.2. The summed E-state index contributed by atoms with van der Waals surface area (Å²) in [6.07, 6.45) is 4.67. The molecule has 0 aromatic carbocycles. The number of nitrogens with two attached hydrogens (primary N) is 1. The molecule has 0 aromatic rings. The van der Waals surface area contributed by atoms with Crippen LogP contribution in [0.25, 0.3) is 0 Å². The van der Waals surface area contributed by atoms with Crippen LogP contribution in [0.5, 0.6) is 0 Å². The first-order valence-corrected chi connectivity index (χ1v) is 5.28. The van der Waals surface area contributed by atoms with Crippen LogP contribution in [0.3, 0.4) is 0 Å². The van der Waals surface area contributed by atoms with E-state index in [0.29, 0.717) is 6.54 Å². The summed E-state index contributed by atoms with van der Waals surface area (Å²) in [7, 11) is 0. The molecule has 0 aliphatic heterocycles. The first-order valence-electron chi connectivity index (χ1n) is 5.28. The van der Waals surface area contributed by atoms with Crippen LogP contribution in [0.4, 0.5) is 0 Å². The van der Waals surface area contributed by atoms with E-state index in [1.807, 2.05) is 0 Å². The molecule has 2 saturated carbocycles. The molecule has 1 amide bonds. The fraction of sp³-hybridized carbons (Fsp3) is 0.900. The van der Waals surface area contributed by atoms with Crippen molar-refractivity contribution in [3.8, 4) is 0 Å². The lowest BCUT2D eigenvalue weighted by Crippen LogP contribution is -2.59. The van der Waals surface area contributed by atoms with Crippen LogP contribution in [-0.2, 0) is 4.79 Å². The van der Waals surface area contributed by atoms with E-state index in [0.717, 1.165) is 32.1 Å². The van der Waals surface area contributed by atoms with Crippen LogP contribution in [0.2, 0.25) is 0 Å². The van der Waals surface area contributed by atoms with Gasteiger partial charge in [0.05, 0.1) is 12.1 Å². The Morgan fingerprint density at radius 2 is 2.00 bits per heavy atom. The van der Waals surface area contributed by atoms with Crippen molar-refractivity contribution in [3.63, 3.8) is 0 Å². The molecule has 14 heavy (non-hydrogen) atoms. The van der Waals surface area contributed by atoms with Crippen molar-refractivity contribution in [2.24, 2.45) is 11.1 Å². The number of hydrogen-bond donors (Lipinski definition) is 3. The molecule has 4 heteroatoms. The number of amides is 1. The average Bonchev–Trinajstić information content (AvgIpc) is 2.91. The van der Waals surface area contributed by atoms with Crippen molar-refractivity contribution in [2.45, 2.75) is 37.6 Å². The maximum atomic E-state index is 11.6. The first-order chi connectivity index (χ1) is 6.60. The lowest BCUT2D eigenvalue weighted by Gasteiger charge is -2.36. The summed E-state index contributed by atoms with van der Waals surface area (Å²) in [5.41, 5.74) is 5.24. The third kappa shape index (κ3) is 1.64. The normalized spacial score (nSPS) is 26.4. The van der Waals surface area contributed by atoms with Gasteiger partial charge in [0.25, 0.3) is 0 Å². The third-order valence-corrected chi connectivity index (χ3v) is 3.61. The molecule has 0 saturated heterocycles. The molecule has 2 aliphatic rings. The van der Waals surface area contributed by atoms with Gasteiger partial charge in [-0.3, -0.25) is 4.79 Å². The van der Waals surface area contributed by atoms with Crippen molar-refractivity contribution in [3.05, 3.63) is 0 Å². The van der Waals surface area contributed by atoms with Gasteiger partial charge in [0.2, 0.25) is 5.91 Å². The number of aliphatic hydroxyl groups excluding tert-OH is 1. The van der Waals surface area contributed by atoms with Crippen LogP contribution in [0, 0.1) is 5.41 Å². The molecule has 4 nitrogen and oxygen atoms in total. The van der Waals surface area contributed by atoms with E-state index < -0.39 is 5.54 Å². The van der Waals surface area contributed by atoms with Crippen LogP contribution in [0.15, 0.2) is 0 Å². The van der Waals surface area contributed by atoms with Crippen LogP contribution in [-0.4, -0.2) is 29.7 Å². The Hall–Kier alpha value is -0.610. The van der Waals surface area contributed by atoms with E-state index in [9.17, 15) is 4.79 Å². The Morgan fingerprint density at radius 1 is 1.36 bits per heavy atom. The zero-order valence-corrected chi connectivity index (χ0v) is 8.38. The van der Waals surface area contributed by atoms with Gasteiger partial charge in [-0.15, -0.1) is 0 Å². The molecule has 0 aromatic heterocycles. The van der Waals surface area contributed by atoms with Crippen LogP contribution >= 0.6 is 0 Å². The molecule has 80 valence electrons. The molecule has 2 fully saturated rings. The van der Waals surface area contributed by atoms with Gasteiger partial charge in [-0.05, 0) is 32.1 Å². The minimum atomic E-state index is -0.606. The summed E-state index contributed by atoms with van der Waals surface area (Å²) in [5, 5.41) is 11.9. The minimum absolute atomic E-state index is 0.0181. The Kier molecular flexibility index (Phi) is 2.27. The van der Waals surface area contributed by atoms with Gasteiger partial charge < -0.3 is 16.2 Å². The van der Waals surface area contributed by atoms with Crippen LogP contribution in [0.1, 0.15) is 32.1 Å². The van der Waals surface area contributed by atoms with E-state index >= 15 is 0 Å². The molecule has 0 bridgehead atoms. The molecule has 0 spiro atoms. The smallest absolute Gasteiger partial charge is 0.240 e. The third-order valence-electron chi connectivity index (χ3n) is 3.61. The van der Waals surface area contributed by atoms with Crippen molar-refractivity contribution >= 4 is 5.91 Å². The van der Waals surface area contributed by atoms with E-state index in [1.165, 1.54) is 0 Å². The first kappa shape index (κ1) is 9.93. The standard InChI is InChI=1S/C10H18N2O2/c11-10(2-1-3-10)8(14)12-6-9(7-13)4-5-9/h13H,1-7,11H2,(H,12,14). The number of aliphatic hydroxyl groups is 1. The van der Waals surface area contributed by atoms with Gasteiger partial charge in [0.15, 0.2) is 0 Å². The number of nitrogens with one attached hydrogen (secondary N) is 1. The molecule has 2 aliphatic carbocycles.